The van der Waals surface area contributed by atoms with Crippen molar-refractivity contribution in [3.05, 3.63) is 103 Å². The highest BCUT2D eigenvalue weighted by molar-refractivity contribution is 5.99. The highest BCUT2D eigenvalue weighted by Crippen LogP contribution is 2.29. The standard InChI is InChI=1S/C31H27FN8O2/c1-19(2)28-15-30(40(38-28)23-5-4-21-16-33-10-8-20(21)12-23)37-31(41)36-27-7-6-24(13-26(27)32)42-25-9-11-34-29(14-25)22-17-35-39(3)18-22/h4-19H,1-3H3,(H2,36,37,41). The lowest BCUT2D eigenvalue weighted by Crippen LogP contribution is -2.22. The number of pyridine rings is 2. The minimum absolute atomic E-state index is 0.000944. The van der Waals surface area contributed by atoms with Crippen molar-refractivity contribution in [2.75, 3.05) is 10.6 Å². The first-order valence-electron chi connectivity index (χ1n) is 13.3. The van der Waals surface area contributed by atoms with Gasteiger partial charge in [-0.2, -0.15) is 10.2 Å². The SMILES string of the molecule is CC(C)c1cc(NC(=O)Nc2ccc(Oc3ccnc(-c4cnn(C)c4)c3)cc2F)n(-c2ccc3cnccc3c2)n1. The van der Waals surface area contributed by atoms with Gasteiger partial charge in [-0.3, -0.25) is 20.0 Å². The molecule has 2 aromatic carbocycles. The summed E-state index contributed by atoms with van der Waals surface area (Å²) in [5.74, 6) is 0.690. The fourth-order valence-electron chi connectivity index (χ4n) is 4.42. The minimum atomic E-state index is -0.649. The molecule has 0 radical (unpaired) electrons. The highest BCUT2D eigenvalue weighted by Gasteiger charge is 2.16. The molecule has 0 atom stereocenters. The van der Waals surface area contributed by atoms with E-state index in [9.17, 15) is 4.79 Å². The summed E-state index contributed by atoms with van der Waals surface area (Å²) in [4.78, 5) is 21.5. The molecule has 0 unspecified atom stereocenters. The van der Waals surface area contributed by atoms with E-state index in [0.717, 1.165) is 27.7 Å². The first-order valence-corrected chi connectivity index (χ1v) is 13.3. The molecule has 4 aromatic heterocycles. The molecule has 0 saturated heterocycles. The van der Waals surface area contributed by atoms with Gasteiger partial charge in [-0.05, 0) is 47.7 Å². The maximum absolute atomic E-state index is 15.0. The van der Waals surface area contributed by atoms with Crippen LogP contribution in [0.2, 0.25) is 0 Å². The number of halogens is 1. The Kier molecular flexibility index (Phi) is 7.05. The van der Waals surface area contributed by atoms with E-state index in [4.69, 9.17) is 9.84 Å². The van der Waals surface area contributed by atoms with Crippen LogP contribution >= 0.6 is 0 Å². The molecule has 2 amide bonds. The lowest BCUT2D eigenvalue weighted by Gasteiger charge is -2.12. The van der Waals surface area contributed by atoms with Gasteiger partial charge in [-0.25, -0.2) is 13.9 Å². The van der Waals surface area contributed by atoms with Crippen LogP contribution < -0.4 is 15.4 Å². The molecule has 0 aliphatic carbocycles. The Morgan fingerprint density at radius 2 is 1.79 bits per heavy atom. The number of hydrogen-bond donors (Lipinski definition) is 2. The third-order valence-electron chi connectivity index (χ3n) is 6.59. The van der Waals surface area contributed by atoms with E-state index in [0.29, 0.717) is 17.3 Å². The largest absolute Gasteiger partial charge is 0.457 e. The number of carbonyl (C=O) groups excluding carboxylic acids is 1. The molecule has 0 bridgehead atoms. The Bertz CT molecular complexity index is 1910. The molecule has 6 rings (SSSR count). The van der Waals surface area contributed by atoms with Crippen LogP contribution in [0.4, 0.5) is 20.7 Å². The quantitative estimate of drug-likeness (QED) is 0.219. The number of fused-ring (bicyclic) bond motifs is 1. The average molecular weight is 563 g/mol. The zero-order chi connectivity index (χ0) is 29.2. The topological polar surface area (TPSA) is 112 Å². The van der Waals surface area contributed by atoms with Gasteiger partial charge in [0, 0.05) is 61.0 Å². The number of amides is 2. The summed E-state index contributed by atoms with van der Waals surface area (Å²) >= 11 is 0. The number of nitrogens with one attached hydrogen (secondary N) is 2. The summed E-state index contributed by atoms with van der Waals surface area (Å²) in [5.41, 5.74) is 3.08. The molecule has 6 aromatic rings. The van der Waals surface area contributed by atoms with Gasteiger partial charge in [0.05, 0.1) is 29.0 Å². The van der Waals surface area contributed by atoms with Crippen molar-refractivity contribution in [3.8, 4) is 28.4 Å². The van der Waals surface area contributed by atoms with Crippen LogP contribution in [0.5, 0.6) is 11.5 Å². The lowest BCUT2D eigenvalue weighted by atomic mass is 10.1. The van der Waals surface area contributed by atoms with Crippen LogP contribution in [-0.4, -0.2) is 35.6 Å². The van der Waals surface area contributed by atoms with Gasteiger partial charge >= 0.3 is 6.03 Å². The zero-order valence-corrected chi connectivity index (χ0v) is 23.1. The molecule has 0 aliphatic rings. The summed E-state index contributed by atoms with van der Waals surface area (Å²) in [6.07, 6.45) is 8.67. The maximum Gasteiger partial charge on any atom is 0.324 e. The zero-order valence-electron chi connectivity index (χ0n) is 23.1. The van der Waals surface area contributed by atoms with E-state index < -0.39 is 11.8 Å². The van der Waals surface area contributed by atoms with Gasteiger partial charge in [-0.1, -0.05) is 19.9 Å². The fraction of sp³-hybridized carbons (Fsp3) is 0.129. The Labute approximate surface area is 240 Å². The van der Waals surface area contributed by atoms with Crippen molar-refractivity contribution in [3.63, 3.8) is 0 Å². The molecule has 11 heteroatoms. The Morgan fingerprint density at radius 1 is 0.929 bits per heavy atom. The molecule has 210 valence electrons. The number of ether oxygens (including phenoxy) is 1. The highest BCUT2D eigenvalue weighted by atomic mass is 19.1. The summed E-state index contributed by atoms with van der Waals surface area (Å²) in [7, 11) is 1.82. The fourth-order valence-corrected chi connectivity index (χ4v) is 4.42. The van der Waals surface area contributed by atoms with Crippen LogP contribution in [0.15, 0.2) is 91.6 Å². The average Bonchev–Trinajstić information content (AvgIpc) is 3.61. The van der Waals surface area contributed by atoms with Gasteiger partial charge < -0.3 is 10.1 Å². The van der Waals surface area contributed by atoms with E-state index >= 15 is 4.39 Å². The second kappa shape index (κ2) is 11.1. The molecule has 42 heavy (non-hydrogen) atoms. The lowest BCUT2D eigenvalue weighted by molar-refractivity contribution is 0.262. The molecule has 10 nitrogen and oxygen atoms in total. The molecule has 2 N–H and O–H groups in total. The van der Waals surface area contributed by atoms with Crippen LogP contribution in [-0.2, 0) is 7.05 Å². The van der Waals surface area contributed by atoms with Crippen molar-refractivity contribution in [1.82, 2.24) is 29.5 Å². The number of rotatable bonds is 7. The van der Waals surface area contributed by atoms with E-state index in [1.54, 1.807) is 52.4 Å². The monoisotopic (exact) mass is 562 g/mol. The number of anilines is 2. The van der Waals surface area contributed by atoms with Crippen molar-refractivity contribution in [2.45, 2.75) is 19.8 Å². The summed E-state index contributed by atoms with van der Waals surface area (Å²) in [5, 5.41) is 16.2. The number of hydrogen-bond acceptors (Lipinski definition) is 6. The molecule has 0 fully saturated rings. The second-order valence-electron chi connectivity index (χ2n) is 10.0. The number of urea groups is 1. The van der Waals surface area contributed by atoms with Gasteiger partial charge in [0.25, 0.3) is 0 Å². The molecule has 0 spiro atoms. The Hall–Kier alpha value is -5.58. The summed E-state index contributed by atoms with van der Waals surface area (Å²) in [6, 6.07) is 16.6. The third kappa shape index (κ3) is 5.66. The van der Waals surface area contributed by atoms with E-state index in [2.05, 4.69) is 25.7 Å². The van der Waals surface area contributed by atoms with Crippen molar-refractivity contribution >= 4 is 28.3 Å². The third-order valence-corrected chi connectivity index (χ3v) is 6.59. The van der Waals surface area contributed by atoms with Crippen molar-refractivity contribution in [1.29, 1.82) is 0 Å². The van der Waals surface area contributed by atoms with Crippen molar-refractivity contribution < 1.29 is 13.9 Å². The molecule has 0 aliphatic heterocycles. The minimum Gasteiger partial charge on any atom is -0.457 e. The normalized spacial score (nSPS) is 11.2. The van der Waals surface area contributed by atoms with Crippen LogP contribution in [0, 0.1) is 5.82 Å². The van der Waals surface area contributed by atoms with Gasteiger partial charge in [0.15, 0.2) is 0 Å². The number of aryl methyl sites for hydroxylation is 1. The second-order valence-corrected chi connectivity index (χ2v) is 10.0. The molecular weight excluding hydrogens is 535 g/mol. The maximum atomic E-state index is 15.0. The van der Waals surface area contributed by atoms with E-state index in [-0.39, 0.29) is 17.4 Å². The van der Waals surface area contributed by atoms with Crippen LogP contribution in [0.1, 0.15) is 25.5 Å². The first-order chi connectivity index (χ1) is 20.3. The van der Waals surface area contributed by atoms with Crippen LogP contribution in [0.3, 0.4) is 0 Å². The Balaban J connectivity index is 1.18. The predicted molar refractivity (Wildman–Crippen MR) is 159 cm³/mol. The first kappa shape index (κ1) is 26.6. The van der Waals surface area contributed by atoms with Crippen LogP contribution in [0.25, 0.3) is 27.7 Å². The summed E-state index contributed by atoms with van der Waals surface area (Å²) in [6.45, 7) is 4.04. The summed E-state index contributed by atoms with van der Waals surface area (Å²) < 4.78 is 24.2. The van der Waals surface area contributed by atoms with Gasteiger partial charge in [0.2, 0.25) is 0 Å². The number of nitrogens with zero attached hydrogens (tertiary/aromatic N) is 6. The van der Waals surface area contributed by atoms with Crippen molar-refractivity contribution in [2.24, 2.45) is 7.05 Å². The smallest absolute Gasteiger partial charge is 0.324 e. The predicted octanol–water partition coefficient (Wildman–Crippen LogP) is 6.91. The molecule has 0 saturated carbocycles. The van der Waals surface area contributed by atoms with Gasteiger partial charge in [-0.15, -0.1) is 0 Å². The van der Waals surface area contributed by atoms with E-state index in [1.807, 2.05) is 57.4 Å². The number of aromatic nitrogens is 6. The Morgan fingerprint density at radius 3 is 2.57 bits per heavy atom. The van der Waals surface area contributed by atoms with Gasteiger partial charge in [0.1, 0.15) is 23.1 Å². The molecule has 4 heterocycles. The molecular formula is C31H27FN8O2. The number of benzene rings is 2. The van der Waals surface area contributed by atoms with E-state index in [1.165, 1.54) is 12.1 Å². The number of carbonyl (C=O) groups is 1.